The second kappa shape index (κ2) is 8.57. The molecule has 6 nitrogen and oxygen atoms in total. The highest BCUT2D eigenvalue weighted by Gasteiger charge is 2.16. The van der Waals surface area contributed by atoms with E-state index in [1.54, 1.807) is 22.9 Å². The van der Waals surface area contributed by atoms with Crippen LogP contribution in [-0.2, 0) is 11.3 Å². The molecule has 0 aliphatic carbocycles. The van der Waals surface area contributed by atoms with E-state index in [9.17, 15) is 14.0 Å². The topological polar surface area (TPSA) is 73.2 Å². The Balaban J connectivity index is 1.64. The number of nitrogens with zero attached hydrogens (tertiary/aromatic N) is 2. The third kappa shape index (κ3) is 4.41. The number of carbonyl (C=O) groups excluding carboxylic acids is 2. The van der Waals surface area contributed by atoms with E-state index in [-0.39, 0.29) is 0 Å². The molecular formula is C23H17ClFN3O3. The average Bonchev–Trinajstić information content (AvgIpc) is 3.09. The number of amides is 1. The first-order valence-electron chi connectivity index (χ1n) is 9.35. The number of rotatable bonds is 5. The molecule has 0 radical (unpaired) electrons. The molecule has 0 saturated carbocycles. The number of aromatic nitrogens is 2. The summed E-state index contributed by atoms with van der Waals surface area (Å²) in [5.41, 5.74) is 2.10. The molecule has 0 unspecified atom stereocenters. The second-order valence-corrected chi connectivity index (χ2v) is 7.26. The maximum absolute atomic E-state index is 13.9. The Morgan fingerprint density at radius 1 is 1.06 bits per heavy atom. The van der Waals surface area contributed by atoms with Crippen molar-refractivity contribution in [1.29, 1.82) is 0 Å². The highest BCUT2D eigenvalue weighted by molar-refractivity contribution is 6.30. The van der Waals surface area contributed by atoms with Crippen LogP contribution in [0, 0.1) is 5.82 Å². The number of anilines is 1. The minimum atomic E-state index is -0.486. The molecule has 1 heterocycles. The number of esters is 1. The maximum atomic E-state index is 13.9. The fourth-order valence-corrected chi connectivity index (χ4v) is 3.44. The van der Waals surface area contributed by atoms with Crippen molar-refractivity contribution in [3.05, 3.63) is 94.3 Å². The Labute approximate surface area is 182 Å². The van der Waals surface area contributed by atoms with Crippen molar-refractivity contribution in [3.8, 4) is 0 Å². The van der Waals surface area contributed by atoms with Crippen LogP contribution in [0.4, 0.5) is 10.2 Å². The van der Waals surface area contributed by atoms with Crippen LogP contribution in [0.25, 0.3) is 10.9 Å². The Bertz CT molecular complexity index is 1290. The predicted octanol–water partition coefficient (Wildman–Crippen LogP) is 4.92. The van der Waals surface area contributed by atoms with Crippen LogP contribution in [0.5, 0.6) is 0 Å². The zero-order valence-corrected chi connectivity index (χ0v) is 17.2. The van der Waals surface area contributed by atoms with Crippen molar-refractivity contribution in [2.24, 2.45) is 0 Å². The third-order valence-electron chi connectivity index (χ3n) is 4.74. The van der Waals surface area contributed by atoms with Gasteiger partial charge < -0.3 is 10.1 Å². The third-order valence-corrected chi connectivity index (χ3v) is 4.97. The summed E-state index contributed by atoms with van der Waals surface area (Å²) in [6, 6.07) is 17.6. The number of carbonyl (C=O) groups is 2. The first-order chi connectivity index (χ1) is 14.9. The Morgan fingerprint density at radius 2 is 1.81 bits per heavy atom. The monoisotopic (exact) mass is 437 g/mol. The lowest BCUT2D eigenvalue weighted by atomic mass is 10.1. The lowest BCUT2D eigenvalue weighted by Gasteiger charge is -2.05. The quantitative estimate of drug-likeness (QED) is 0.450. The van der Waals surface area contributed by atoms with E-state index >= 15 is 0 Å². The first kappa shape index (κ1) is 20.6. The average molecular weight is 438 g/mol. The molecule has 31 heavy (non-hydrogen) atoms. The van der Waals surface area contributed by atoms with Crippen molar-refractivity contribution >= 4 is 40.2 Å². The summed E-state index contributed by atoms with van der Waals surface area (Å²) in [5, 5.41) is 8.43. The summed E-state index contributed by atoms with van der Waals surface area (Å²) in [6.45, 7) is 0.351. The highest BCUT2D eigenvalue weighted by atomic mass is 35.5. The van der Waals surface area contributed by atoms with Gasteiger partial charge in [-0.05, 0) is 60.2 Å². The number of halogens is 2. The maximum Gasteiger partial charge on any atom is 0.337 e. The van der Waals surface area contributed by atoms with Gasteiger partial charge in [0, 0.05) is 16.0 Å². The first-order valence-corrected chi connectivity index (χ1v) is 9.72. The van der Waals surface area contributed by atoms with Crippen molar-refractivity contribution in [1.82, 2.24) is 9.78 Å². The van der Waals surface area contributed by atoms with Gasteiger partial charge in [-0.1, -0.05) is 23.7 Å². The molecule has 4 aromatic rings. The molecule has 0 atom stereocenters. The van der Waals surface area contributed by atoms with Gasteiger partial charge in [-0.3, -0.25) is 9.48 Å². The van der Waals surface area contributed by atoms with Crippen LogP contribution < -0.4 is 5.32 Å². The standard InChI is InChI=1S/C23H17ClFN3O3/c1-31-23(30)16-7-5-15(6-8-16)22(29)26-21-19-10-9-18(25)12-20(19)28(27-21)13-14-3-2-4-17(24)11-14/h2-12H,13H2,1H3,(H,26,27,29). The molecule has 8 heteroatoms. The van der Waals surface area contributed by atoms with E-state index in [2.05, 4.69) is 15.2 Å². The van der Waals surface area contributed by atoms with Gasteiger partial charge in [-0.2, -0.15) is 5.10 Å². The molecule has 156 valence electrons. The van der Waals surface area contributed by atoms with Gasteiger partial charge >= 0.3 is 5.97 Å². The minimum Gasteiger partial charge on any atom is -0.465 e. The molecular weight excluding hydrogens is 421 g/mol. The number of nitrogens with one attached hydrogen (secondary N) is 1. The van der Waals surface area contributed by atoms with Gasteiger partial charge in [0.2, 0.25) is 0 Å². The number of hydrogen-bond donors (Lipinski definition) is 1. The number of methoxy groups -OCH3 is 1. The molecule has 3 aromatic carbocycles. The molecule has 0 aliphatic rings. The van der Waals surface area contributed by atoms with Crippen molar-refractivity contribution < 1.29 is 18.7 Å². The molecule has 4 rings (SSSR count). The largest absolute Gasteiger partial charge is 0.465 e. The van der Waals surface area contributed by atoms with Crippen molar-refractivity contribution in [2.45, 2.75) is 6.54 Å². The molecule has 0 spiro atoms. The molecule has 1 amide bonds. The smallest absolute Gasteiger partial charge is 0.337 e. The fraction of sp³-hybridized carbons (Fsp3) is 0.0870. The predicted molar refractivity (Wildman–Crippen MR) is 116 cm³/mol. The second-order valence-electron chi connectivity index (χ2n) is 6.82. The molecule has 0 aliphatic heterocycles. The van der Waals surface area contributed by atoms with Crippen LogP contribution in [0.15, 0.2) is 66.7 Å². The Hall–Kier alpha value is -3.71. The van der Waals surface area contributed by atoms with Gasteiger partial charge in [0.1, 0.15) is 5.82 Å². The normalized spacial score (nSPS) is 10.8. The van der Waals surface area contributed by atoms with Crippen LogP contribution in [0.1, 0.15) is 26.3 Å². The SMILES string of the molecule is COC(=O)c1ccc(C(=O)Nc2nn(Cc3cccc(Cl)c3)c3cc(F)ccc23)cc1. The summed E-state index contributed by atoms with van der Waals surface area (Å²) in [7, 11) is 1.29. The zero-order chi connectivity index (χ0) is 22.0. The van der Waals surface area contributed by atoms with E-state index in [0.717, 1.165) is 5.56 Å². The van der Waals surface area contributed by atoms with E-state index in [1.807, 2.05) is 12.1 Å². The number of hydrogen-bond acceptors (Lipinski definition) is 4. The lowest BCUT2D eigenvalue weighted by molar-refractivity contribution is 0.0600. The van der Waals surface area contributed by atoms with E-state index in [4.69, 9.17) is 11.6 Å². The summed E-state index contributed by atoms with van der Waals surface area (Å²) < 4.78 is 20.2. The Kier molecular flexibility index (Phi) is 5.68. The van der Waals surface area contributed by atoms with Gasteiger partial charge in [0.25, 0.3) is 5.91 Å². The van der Waals surface area contributed by atoms with Gasteiger partial charge in [0.05, 0.1) is 24.7 Å². The molecule has 0 fully saturated rings. The zero-order valence-electron chi connectivity index (χ0n) is 16.4. The number of benzene rings is 3. The molecule has 0 bridgehead atoms. The summed E-state index contributed by atoms with van der Waals surface area (Å²) >= 11 is 6.06. The van der Waals surface area contributed by atoms with Crippen LogP contribution >= 0.6 is 11.6 Å². The molecule has 1 N–H and O–H groups in total. The van der Waals surface area contributed by atoms with Crippen LogP contribution in [0.2, 0.25) is 5.02 Å². The summed E-state index contributed by atoms with van der Waals surface area (Å²) in [5.74, 6) is -0.995. The van der Waals surface area contributed by atoms with E-state index in [1.165, 1.54) is 43.5 Å². The number of fused-ring (bicyclic) bond motifs is 1. The van der Waals surface area contributed by atoms with Crippen molar-refractivity contribution in [3.63, 3.8) is 0 Å². The minimum absolute atomic E-state index is 0.305. The fourth-order valence-electron chi connectivity index (χ4n) is 3.22. The Morgan fingerprint density at radius 3 is 2.52 bits per heavy atom. The molecule has 1 aromatic heterocycles. The lowest BCUT2D eigenvalue weighted by Crippen LogP contribution is -2.13. The number of ether oxygens (including phenoxy) is 1. The van der Waals surface area contributed by atoms with Gasteiger partial charge in [0.15, 0.2) is 5.82 Å². The molecule has 0 saturated heterocycles. The van der Waals surface area contributed by atoms with Gasteiger partial charge in [-0.15, -0.1) is 0 Å². The van der Waals surface area contributed by atoms with Crippen LogP contribution in [-0.4, -0.2) is 28.8 Å². The van der Waals surface area contributed by atoms with Crippen LogP contribution in [0.3, 0.4) is 0 Å². The highest BCUT2D eigenvalue weighted by Crippen LogP contribution is 2.25. The van der Waals surface area contributed by atoms with Gasteiger partial charge in [-0.25, -0.2) is 9.18 Å². The van der Waals surface area contributed by atoms with E-state index in [0.29, 0.717) is 39.4 Å². The summed E-state index contributed by atoms with van der Waals surface area (Å²) in [4.78, 5) is 24.3. The van der Waals surface area contributed by atoms with Crippen molar-refractivity contribution in [2.75, 3.05) is 12.4 Å². The van der Waals surface area contributed by atoms with E-state index < -0.39 is 17.7 Å². The summed E-state index contributed by atoms with van der Waals surface area (Å²) in [6.07, 6.45) is 0.